The van der Waals surface area contributed by atoms with Crippen molar-refractivity contribution in [3.63, 3.8) is 0 Å². The Balaban J connectivity index is 1.65. The maximum absolute atomic E-state index is 12.4. The quantitative estimate of drug-likeness (QED) is 0.577. The van der Waals surface area contributed by atoms with Gasteiger partial charge in [-0.15, -0.1) is 10.2 Å². The summed E-state index contributed by atoms with van der Waals surface area (Å²) in [4.78, 5) is 12.4. The number of rotatable bonds is 7. The van der Waals surface area contributed by atoms with Gasteiger partial charge in [0.05, 0.1) is 6.61 Å². The minimum atomic E-state index is -0.515. The third kappa shape index (κ3) is 5.12. The van der Waals surface area contributed by atoms with Crippen molar-refractivity contribution in [1.82, 2.24) is 10.2 Å². The number of carbonyl (C=O) groups is 1. The van der Waals surface area contributed by atoms with Crippen molar-refractivity contribution in [2.24, 2.45) is 0 Å². The molecule has 1 amide bonds. The van der Waals surface area contributed by atoms with Crippen molar-refractivity contribution in [3.05, 3.63) is 40.4 Å². The van der Waals surface area contributed by atoms with Gasteiger partial charge in [-0.3, -0.25) is 10.1 Å². The highest BCUT2D eigenvalue weighted by Crippen LogP contribution is 2.32. The van der Waals surface area contributed by atoms with Gasteiger partial charge in [-0.1, -0.05) is 30.4 Å². The lowest BCUT2D eigenvalue weighted by Crippen LogP contribution is -2.13. The van der Waals surface area contributed by atoms with Crippen LogP contribution < -0.4 is 10.1 Å². The largest absolute Gasteiger partial charge is 0.494 e. The van der Waals surface area contributed by atoms with Crippen molar-refractivity contribution in [2.45, 2.75) is 32.3 Å². The Hall–Kier alpha value is -2.76. The Morgan fingerprint density at radius 2 is 2.26 bits per heavy atom. The number of ether oxygens (including phenoxy) is 2. The zero-order valence-corrected chi connectivity index (χ0v) is 15.8. The fourth-order valence-electron chi connectivity index (χ4n) is 2.55. The van der Waals surface area contributed by atoms with Crippen LogP contribution in [-0.2, 0) is 9.53 Å². The van der Waals surface area contributed by atoms with E-state index in [9.17, 15) is 10.1 Å². The number of hydrogen-bond acceptors (Lipinski definition) is 7. The molecule has 0 radical (unpaired) electrons. The van der Waals surface area contributed by atoms with Crippen molar-refractivity contribution in [2.75, 3.05) is 18.5 Å². The van der Waals surface area contributed by atoms with Crippen LogP contribution in [0.5, 0.6) is 5.75 Å². The van der Waals surface area contributed by atoms with Crippen LogP contribution in [0.2, 0.25) is 0 Å². The number of benzene rings is 1. The van der Waals surface area contributed by atoms with E-state index in [0.717, 1.165) is 42.2 Å². The third-order valence-corrected chi connectivity index (χ3v) is 4.83. The highest BCUT2D eigenvalue weighted by Gasteiger charge is 2.22. The molecule has 0 spiro atoms. The molecule has 1 aliphatic heterocycles. The van der Waals surface area contributed by atoms with Crippen LogP contribution in [0, 0.1) is 11.3 Å². The fourth-order valence-corrected chi connectivity index (χ4v) is 3.37. The summed E-state index contributed by atoms with van der Waals surface area (Å²) in [6, 6.07) is 9.16. The first kappa shape index (κ1) is 19.0. The van der Waals surface area contributed by atoms with Gasteiger partial charge in [0.1, 0.15) is 28.5 Å². The normalized spacial score (nSPS) is 16.7. The van der Waals surface area contributed by atoms with Crippen LogP contribution in [0.25, 0.3) is 6.08 Å². The monoisotopic (exact) mass is 384 g/mol. The third-order valence-electron chi connectivity index (χ3n) is 3.90. The summed E-state index contributed by atoms with van der Waals surface area (Å²) >= 11 is 1.27. The predicted molar refractivity (Wildman–Crippen MR) is 102 cm³/mol. The molecule has 1 atom stereocenters. The maximum atomic E-state index is 12.4. The Labute approximate surface area is 161 Å². The average Bonchev–Trinajstić information content (AvgIpc) is 3.37. The van der Waals surface area contributed by atoms with Gasteiger partial charge < -0.3 is 9.47 Å². The van der Waals surface area contributed by atoms with Gasteiger partial charge in [0.15, 0.2) is 0 Å². The predicted octanol–water partition coefficient (Wildman–Crippen LogP) is 3.72. The standard InChI is InChI=1S/C19H20N4O3S/c1-2-9-25-15-7-5-13(6-8-15)11-14(12-20)17(24)21-19-23-22-18(27-19)16-4-3-10-26-16/h5-8,11,16H,2-4,9-10H2,1H3,(H,21,23,24). The summed E-state index contributed by atoms with van der Waals surface area (Å²) in [6.07, 6.45) is 4.31. The lowest BCUT2D eigenvalue weighted by molar-refractivity contribution is -0.112. The summed E-state index contributed by atoms with van der Waals surface area (Å²) in [7, 11) is 0. The summed E-state index contributed by atoms with van der Waals surface area (Å²) in [6.45, 7) is 3.41. The van der Waals surface area contributed by atoms with E-state index in [4.69, 9.17) is 9.47 Å². The molecule has 27 heavy (non-hydrogen) atoms. The van der Waals surface area contributed by atoms with E-state index < -0.39 is 5.91 Å². The summed E-state index contributed by atoms with van der Waals surface area (Å²) in [5.74, 6) is 0.242. The van der Waals surface area contributed by atoms with Gasteiger partial charge in [-0.05, 0) is 43.0 Å². The molecule has 1 aromatic carbocycles. The Morgan fingerprint density at radius 1 is 1.44 bits per heavy atom. The molecular formula is C19H20N4O3S. The first-order valence-electron chi connectivity index (χ1n) is 8.80. The Bertz CT molecular complexity index is 849. The van der Waals surface area contributed by atoms with Crippen molar-refractivity contribution >= 4 is 28.5 Å². The number of anilines is 1. The second-order valence-electron chi connectivity index (χ2n) is 5.99. The van der Waals surface area contributed by atoms with Gasteiger partial charge >= 0.3 is 0 Å². The zero-order chi connectivity index (χ0) is 19.1. The van der Waals surface area contributed by atoms with E-state index in [1.807, 2.05) is 25.1 Å². The number of nitriles is 1. The molecule has 0 bridgehead atoms. The van der Waals surface area contributed by atoms with Gasteiger partial charge in [0, 0.05) is 6.61 Å². The molecular weight excluding hydrogens is 364 g/mol. The molecule has 8 heteroatoms. The second-order valence-corrected chi connectivity index (χ2v) is 7.00. The summed E-state index contributed by atoms with van der Waals surface area (Å²) in [5, 5.41) is 21.1. The minimum Gasteiger partial charge on any atom is -0.494 e. The first-order valence-corrected chi connectivity index (χ1v) is 9.62. The van der Waals surface area contributed by atoms with Gasteiger partial charge in [-0.25, -0.2) is 0 Å². The molecule has 0 saturated carbocycles. The molecule has 1 unspecified atom stereocenters. The van der Waals surface area contributed by atoms with Crippen molar-refractivity contribution in [1.29, 1.82) is 5.26 Å². The molecule has 1 N–H and O–H groups in total. The highest BCUT2D eigenvalue weighted by molar-refractivity contribution is 7.15. The van der Waals surface area contributed by atoms with Crippen LogP contribution in [0.4, 0.5) is 5.13 Å². The average molecular weight is 384 g/mol. The summed E-state index contributed by atoms with van der Waals surface area (Å²) < 4.78 is 11.1. The van der Waals surface area contributed by atoms with E-state index in [-0.39, 0.29) is 11.7 Å². The van der Waals surface area contributed by atoms with Crippen molar-refractivity contribution in [3.8, 4) is 11.8 Å². The fraction of sp³-hybridized carbons (Fsp3) is 0.368. The topological polar surface area (TPSA) is 97.1 Å². The molecule has 0 aliphatic carbocycles. The molecule has 140 valence electrons. The molecule has 1 saturated heterocycles. The lowest BCUT2D eigenvalue weighted by Gasteiger charge is -2.04. The SMILES string of the molecule is CCCOc1ccc(C=C(C#N)C(=O)Nc2nnc(C3CCCO3)s2)cc1. The Kier molecular flexibility index (Phi) is 6.52. The van der Waals surface area contributed by atoms with Crippen LogP contribution in [0.1, 0.15) is 42.9 Å². The smallest absolute Gasteiger partial charge is 0.268 e. The molecule has 1 aliphatic rings. The lowest BCUT2D eigenvalue weighted by atomic mass is 10.1. The van der Waals surface area contributed by atoms with E-state index >= 15 is 0 Å². The molecule has 3 rings (SSSR count). The van der Waals surface area contributed by atoms with Gasteiger partial charge in [0.25, 0.3) is 5.91 Å². The number of nitrogens with zero attached hydrogens (tertiary/aromatic N) is 3. The number of aromatic nitrogens is 2. The Morgan fingerprint density at radius 3 is 2.93 bits per heavy atom. The van der Waals surface area contributed by atoms with Crippen LogP contribution >= 0.6 is 11.3 Å². The molecule has 2 aromatic rings. The van der Waals surface area contributed by atoms with Crippen molar-refractivity contribution < 1.29 is 14.3 Å². The van der Waals surface area contributed by atoms with Gasteiger partial charge in [0.2, 0.25) is 5.13 Å². The van der Waals surface area contributed by atoms with Crippen LogP contribution in [0.15, 0.2) is 29.8 Å². The highest BCUT2D eigenvalue weighted by atomic mass is 32.1. The molecule has 1 fully saturated rings. The first-order chi connectivity index (χ1) is 13.2. The van der Waals surface area contributed by atoms with E-state index in [2.05, 4.69) is 15.5 Å². The van der Waals surface area contributed by atoms with Crippen LogP contribution in [-0.4, -0.2) is 29.3 Å². The molecule has 2 heterocycles. The van der Waals surface area contributed by atoms with Crippen LogP contribution in [0.3, 0.4) is 0 Å². The minimum absolute atomic E-state index is 0.00825. The summed E-state index contributed by atoms with van der Waals surface area (Å²) in [5.41, 5.74) is 0.731. The molecule has 1 aromatic heterocycles. The maximum Gasteiger partial charge on any atom is 0.268 e. The number of hydrogen-bond donors (Lipinski definition) is 1. The van der Waals surface area contributed by atoms with E-state index in [1.165, 1.54) is 17.4 Å². The zero-order valence-electron chi connectivity index (χ0n) is 15.0. The second kappa shape index (κ2) is 9.26. The van der Waals surface area contributed by atoms with E-state index in [1.54, 1.807) is 12.1 Å². The number of amides is 1. The number of carbonyl (C=O) groups excluding carboxylic acids is 1. The van der Waals surface area contributed by atoms with E-state index in [0.29, 0.717) is 11.7 Å². The van der Waals surface area contributed by atoms with Gasteiger partial charge in [-0.2, -0.15) is 5.26 Å². The number of nitrogens with one attached hydrogen (secondary N) is 1. The molecule has 7 nitrogen and oxygen atoms in total.